The van der Waals surface area contributed by atoms with E-state index in [0.29, 0.717) is 22.7 Å². The molecule has 1 fully saturated rings. The van der Waals surface area contributed by atoms with Gasteiger partial charge in [-0.05, 0) is 25.0 Å². The Morgan fingerprint density at radius 3 is 2.83 bits per heavy atom. The molecule has 0 amide bonds. The van der Waals surface area contributed by atoms with Crippen LogP contribution in [0.15, 0.2) is 29.3 Å². The van der Waals surface area contributed by atoms with Crippen LogP contribution in [0.2, 0.25) is 0 Å². The first-order chi connectivity index (χ1) is 8.81. The number of rotatable bonds is 2. The Balaban J connectivity index is 2.20. The number of nitrogens with zero attached hydrogens (tertiary/aromatic N) is 2. The molecule has 1 aliphatic carbocycles. The van der Waals surface area contributed by atoms with Gasteiger partial charge in [0.1, 0.15) is 11.3 Å². The van der Waals surface area contributed by atoms with Crippen LogP contribution in [0.4, 0.5) is 0 Å². The predicted molar refractivity (Wildman–Crippen MR) is 70.1 cm³/mol. The lowest BCUT2D eigenvalue weighted by Gasteiger charge is -2.14. The number of benzene rings is 1. The second-order valence-electron chi connectivity index (χ2n) is 4.75. The molecule has 0 N–H and O–H groups in total. The Labute approximate surface area is 105 Å². The van der Waals surface area contributed by atoms with Crippen LogP contribution in [0, 0.1) is 0 Å². The second-order valence-corrected chi connectivity index (χ2v) is 4.75. The normalized spacial score (nSPS) is 16.3. The van der Waals surface area contributed by atoms with E-state index in [1.165, 1.54) is 12.8 Å². The first-order valence-electron chi connectivity index (χ1n) is 6.35. The zero-order chi connectivity index (χ0) is 12.5. The van der Waals surface area contributed by atoms with Gasteiger partial charge in [-0.1, -0.05) is 18.9 Å². The molecule has 1 aromatic heterocycles. The lowest BCUT2D eigenvalue weighted by atomic mass is 10.2. The molecule has 4 nitrogen and oxygen atoms in total. The van der Waals surface area contributed by atoms with Crippen LogP contribution >= 0.6 is 0 Å². The molecule has 0 atom stereocenters. The van der Waals surface area contributed by atoms with Crippen LogP contribution in [0.3, 0.4) is 0 Å². The van der Waals surface area contributed by atoms with E-state index in [9.17, 15) is 4.79 Å². The summed E-state index contributed by atoms with van der Waals surface area (Å²) < 4.78 is 7.02. The van der Waals surface area contributed by atoms with E-state index in [-0.39, 0.29) is 5.56 Å². The third-order valence-corrected chi connectivity index (χ3v) is 3.71. The van der Waals surface area contributed by atoms with Crippen molar-refractivity contribution in [1.29, 1.82) is 0 Å². The van der Waals surface area contributed by atoms with Gasteiger partial charge in [0.2, 0.25) is 0 Å². The van der Waals surface area contributed by atoms with Crippen molar-refractivity contribution in [2.75, 3.05) is 7.11 Å². The molecule has 0 spiro atoms. The third kappa shape index (κ3) is 1.68. The van der Waals surface area contributed by atoms with Gasteiger partial charge in [0, 0.05) is 6.04 Å². The summed E-state index contributed by atoms with van der Waals surface area (Å²) in [4.78, 5) is 16.8. The van der Waals surface area contributed by atoms with Gasteiger partial charge in [0.05, 0.1) is 18.8 Å². The molecule has 94 valence electrons. The maximum Gasteiger partial charge on any atom is 0.261 e. The zero-order valence-corrected chi connectivity index (χ0v) is 10.4. The Morgan fingerprint density at radius 1 is 1.33 bits per heavy atom. The lowest BCUT2D eigenvalue weighted by Crippen LogP contribution is -2.23. The maximum atomic E-state index is 12.5. The van der Waals surface area contributed by atoms with Gasteiger partial charge in [-0.15, -0.1) is 0 Å². The third-order valence-electron chi connectivity index (χ3n) is 3.71. The first kappa shape index (κ1) is 11.3. The molecule has 1 aromatic carbocycles. The molecule has 3 rings (SSSR count). The van der Waals surface area contributed by atoms with Crippen LogP contribution in [0.25, 0.3) is 10.9 Å². The summed E-state index contributed by atoms with van der Waals surface area (Å²) >= 11 is 0. The van der Waals surface area contributed by atoms with Crippen molar-refractivity contribution in [3.8, 4) is 5.75 Å². The van der Waals surface area contributed by atoms with E-state index in [1.807, 2.05) is 18.2 Å². The van der Waals surface area contributed by atoms with E-state index in [0.717, 1.165) is 12.8 Å². The topological polar surface area (TPSA) is 44.1 Å². The number of hydrogen-bond donors (Lipinski definition) is 0. The summed E-state index contributed by atoms with van der Waals surface area (Å²) in [5.74, 6) is 0.656. The average molecular weight is 244 g/mol. The fourth-order valence-electron chi connectivity index (χ4n) is 2.75. The van der Waals surface area contributed by atoms with Crippen molar-refractivity contribution in [2.45, 2.75) is 31.7 Å². The minimum atomic E-state index is 0.0470. The molecular weight excluding hydrogens is 228 g/mol. The van der Waals surface area contributed by atoms with Gasteiger partial charge in [0.15, 0.2) is 0 Å². The van der Waals surface area contributed by atoms with Crippen molar-refractivity contribution < 1.29 is 4.74 Å². The number of aromatic nitrogens is 2. The molecule has 0 bridgehead atoms. The van der Waals surface area contributed by atoms with Gasteiger partial charge in [-0.3, -0.25) is 9.36 Å². The predicted octanol–water partition coefficient (Wildman–Crippen LogP) is 2.52. The van der Waals surface area contributed by atoms with Crippen LogP contribution in [-0.4, -0.2) is 16.7 Å². The maximum absolute atomic E-state index is 12.5. The van der Waals surface area contributed by atoms with Gasteiger partial charge in [-0.2, -0.15) is 0 Å². The Kier molecular flexibility index (Phi) is 2.78. The molecule has 0 aliphatic heterocycles. The molecular formula is C14H16N2O2. The van der Waals surface area contributed by atoms with Gasteiger partial charge < -0.3 is 4.74 Å². The number of fused-ring (bicyclic) bond motifs is 1. The van der Waals surface area contributed by atoms with Gasteiger partial charge in [-0.25, -0.2) is 4.98 Å². The molecule has 0 saturated heterocycles. The van der Waals surface area contributed by atoms with Crippen molar-refractivity contribution in [2.24, 2.45) is 0 Å². The van der Waals surface area contributed by atoms with Crippen molar-refractivity contribution in [3.63, 3.8) is 0 Å². The van der Waals surface area contributed by atoms with Gasteiger partial charge >= 0.3 is 0 Å². The van der Waals surface area contributed by atoms with Crippen LogP contribution in [-0.2, 0) is 0 Å². The van der Waals surface area contributed by atoms with Crippen LogP contribution in [0.1, 0.15) is 31.7 Å². The largest absolute Gasteiger partial charge is 0.494 e. The standard InChI is InChI=1S/C14H16N2O2/c1-18-12-8-4-7-11-13(12)15-9-16(14(11)17)10-5-2-3-6-10/h4,7-10H,2-3,5-6H2,1H3. The fraction of sp³-hybridized carbons (Fsp3) is 0.429. The molecule has 1 aliphatic rings. The highest BCUT2D eigenvalue weighted by atomic mass is 16.5. The number of hydrogen-bond acceptors (Lipinski definition) is 3. The lowest BCUT2D eigenvalue weighted by molar-refractivity contribution is 0.418. The van der Waals surface area contributed by atoms with Crippen molar-refractivity contribution >= 4 is 10.9 Å². The van der Waals surface area contributed by atoms with E-state index >= 15 is 0 Å². The Bertz CT molecular complexity index is 627. The van der Waals surface area contributed by atoms with Crippen molar-refractivity contribution in [3.05, 3.63) is 34.9 Å². The molecule has 1 saturated carbocycles. The molecule has 0 unspecified atom stereocenters. The Morgan fingerprint density at radius 2 is 2.11 bits per heavy atom. The van der Waals surface area contributed by atoms with E-state index in [4.69, 9.17) is 4.74 Å². The summed E-state index contributed by atoms with van der Waals surface area (Å²) in [6.07, 6.45) is 6.23. The highest BCUT2D eigenvalue weighted by molar-refractivity contribution is 5.83. The number of methoxy groups -OCH3 is 1. The molecule has 0 radical (unpaired) electrons. The van der Waals surface area contributed by atoms with E-state index in [2.05, 4.69) is 4.98 Å². The number of ether oxygens (including phenoxy) is 1. The van der Waals surface area contributed by atoms with Crippen LogP contribution < -0.4 is 10.3 Å². The second kappa shape index (κ2) is 4.44. The smallest absolute Gasteiger partial charge is 0.261 e. The summed E-state index contributed by atoms with van der Waals surface area (Å²) in [5, 5.41) is 0.642. The number of para-hydroxylation sites is 1. The van der Waals surface area contributed by atoms with E-state index < -0.39 is 0 Å². The summed E-state index contributed by atoms with van der Waals surface area (Å²) in [7, 11) is 1.60. The summed E-state index contributed by atoms with van der Waals surface area (Å²) in [6.45, 7) is 0. The summed E-state index contributed by atoms with van der Waals surface area (Å²) in [5.41, 5.74) is 0.699. The Hall–Kier alpha value is -1.84. The summed E-state index contributed by atoms with van der Waals surface area (Å²) in [6, 6.07) is 5.80. The molecule has 18 heavy (non-hydrogen) atoms. The molecule has 4 heteroatoms. The molecule has 1 heterocycles. The highest BCUT2D eigenvalue weighted by Crippen LogP contribution is 2.29. The average Bonchev–Trinajstić information content (AvgIpc) is 2.92. The molecule has 2 aromatic rings. The first-order valence-corrected chi connectivity index (χ1v) is 6.35. The van der Waals surface area contributed by atoms with Crippen molar-refractivity contribution in [1.82, 2.24) is 9.55 Å². The highest BCUT2D eigenvalue weighted by Gasteiger charge is 2.19. The monoisotopic (exact) mass is 244 g/mol. The minimum absolute atomic E-state index is 0.0470. The SMILES string of the molecule is COc1cccc2c(=O)n(C3CCCC3)cnc12. The quantitative estimate of drug-likeness (QED) is 0.815. The fourth-order valence-corrected chi connectivity index (χ4v) is 2.75. The zero-order valence-electron chi connectivity index (χ0n) is 10.4. The minimum Gasteiger partial charge on any atom is -0.494 e. The van der Waals surface area contributed by atoms with Crippen LogP contribution in [0.5, 0.6) is 5.75 Å². The van der Waals surface area contributed by atoms with E-state index in [1.54, 1.807) is 18.0 Å². The van der Waals surface area contributed by atoms with Gasteiger partial charge in [0.25, 0.3) is 5.56 Å².